The number of aromatic hydroxyl groups is 1. The smallest absolute Gasteiger partial charge is 0.251 e. The molecule has 7 heteroatoms. The summed E-state index contributed by atoms with van der Waals surface area (Å²) in [6.45, 7) is 2.26. The highest BCUT2D eigenvalue weighted by molar-refractivity contribution is 5.95. The summed E-state index contributed by atoms with van der Waals surface area (Å²) in [7, 11) is 0. The number of nitrogens with two attached hydrogens (primary N) is 1. The van der Waals surface area contributed by atoms with Crippen LogP contribution in [0, 0.1) is 0 Å². The van der Waals surface area contributed by atoms with Crippen molar-refractivity contribution < 1.29 is 19.1 Å². The molecule has 1 heterocycles. The number of carbonyl (C=O) groups is 2. The first kappa shape index (κ1) is 30.3. The van der Waals surface area contributed by atoms with Gasteiger partial charge in [-0.25, -0.2) is 0 Å². The molecule has 0 atom stereocenters. The number of benzene rings is 3. The van der Waals surface area contributed by atoms with Crippen LogP contribution in [0.2, 0.25) is 0 Å². The van der Waals surface area contributed by atoms with Gasteiger partial charge in [0.05, 0.1) is 6.26 Å². The molecule has 42 heavy (non-hydrogen) atoms. The minimum absolute atomic E-state index is 0.0822. The van der Waals surface area contributed by atoms with Crippen molar-refractivity contribution in [2.75, 3.05) is 19.6 Å². The molecule has 1 aromatic heterocycles. The molecule has 0 aliphatic rings. The summed E-state index contributed by atoms with van der Waals surface area (Å²) in [5.41, 5.74) is 10.1. The van der Waals surface area contributed by atoms with Gasteiger partial charge in [-0.05, 0) is 96.6 Å². The number of hydrogen-bond donors (Lipinski definition) is 3. The van der Waals surface area contributed by atoms with Crippen molar-refractivity contribution in [3.05, 3.63) is 120 Å². The highest BCUT2D eigenvalue weighted by atomic mass is 16.3. The van der Waals surface area contributed by atoms with Gasteiger partial charge in [0.15, 0.2) is 0 Å². The molecule has 2 amide bonds. The van der Waals surface area contributed by atoms with Crippen LogP contribution in [0.1, 0.15) is 52.9 Å². The fraction of sp³-hybridized carbons (Fsp3) is 0.257. The lowest BCUT2D eigenvalue weighted by molar-refractivity contribution is -0.126. The van der Waals surface area contributed by atoms with Crippen molar-refractivity contribution in [1.29, 1.82) is 0 Å². The summed E-state index contributed by atoms with van der Waals surface area (Å²) >= 11 is 0. The van der Waals surface area contributed by atoms with Crippen LogP contribution in [0.3, 0.4) is 0 Å². The zero-order valence-corrected chi connectivity index (χ0v) is 23.9. The molecule has 4 rings (SSSR count). The Bertz CT molecular complexity index is 1450. The van der Waals surface area contributed by atoms with Crippen molar-refractivity contribution in [1.82, 2.24) is 10.2 Å². The third-order valence-corrected chi connectivity index (χ3v) is 7.03. The molecular weight excluding hydrogens is 526 g/mol. The van der Waals surface area contributed by atoms with Gasteiger partial charge in [-0.1, -0.05) is 55.3 Å². The lowest BCUT2D eigenvalue weighted by atomic mass is 10.0. The summed E-state index contributed by atoms with van der Waals surface area (Å²) in [5.74, 6) is 0.613. The van der Waals surface area contributed by atoms with Gasteiger partial charge in [0.2, 0.25) is 5.91 Å². The Balaban J connectivity index is 1.45. The molecule has 0 aliphatic carbocycles. The molecule has 4 aromatic rings. The number of furan rings is 1. The van der Waals surface area contributed by atoms with Crippen molar-refractivity contribution >= 4 is 17.9 Å². The molecule has 0 spiro atoms. The largest absolute Gasteiger partial charge is 0.508 e. The lowest BCUT2D eigenvalue weighted by Crippen LogP contribution is -2.31. The van der Waals surface area contributed by atoms with E-state index in [1.165, 1.54) is 6.08 Å². The number of hydrogen-bond acceptors (Lipinski definition) is 5. The third kappa shape index (κ3) is 9.49. The van der Waals surface area contributed by atoms with E-state index in [1.807, 2.05) is 54.6 Å². The molecule has 0 saturated heterocycles. The summed E-state index contributed by atoms with van der Waals surface area (Å²) < 4.78 is 5.34. The molecule has 0 bridgehead atoms. The SMILES string of the molecule is NCCCCCCNC(=O)c1cccc(-c2cccc(CN(CCc3ccc(O)cc3)C(=O)C=Cc3ccco3)c2)c1. The van der Waals surface area contributed by atoms with Crippen LogP contribution in [-0.4, -0.2) is 41.5 Å². The number of rotatable bonds is 15. The molecule has 0 aliphatic heterocycles. The lowest BCUT2D eigenvalue weighted by Gasteiger charge is -2.22. The summed E-state index contributed by atoms with van der Waals surface area (Å²) in [6, 6.07) is 26.3. The molecule has 0 radical (unpaired) electrons. The Kier molecular flexibility index (Phi) is 11.5. The second-order valence-corrected chi connectivity index (χ2v) is 10.3. The quantitative estimate of drug-likeness (QED) is 0.118. The molecule has 3 aromatic carbocycles. The van der Waals surface area contributed by atoms with E-state index in [4.69, 9.17) is 10.2 Å². The number of phenolic OH excluding ortho intramolecular Hbond substituents is 1. The van der Waals surface area contributed by atoms with E-state index in [1.54, 1.807) is 41.5 Å². The van der Waals surface area contributed by atoms with Gasteiger partial charge in [0.25, 0.3) is 5.91 Å². The molecule has 4 N–H and O–H groups in total. The van der Waals surface area contributed by atoms with Crippen LogP contribution >= 0.6 is 0 Å². The van der Waals surface area contributed by atoms with Crippen molar-refractivity contribution in [3.8, 4) is 16.9 Å². The van der Waals surface area contributed by atoms with Gasteiger partial charge in [-0.2, -0.15) is 0 Å². The molecule has 0 unspecified atom stereocenters. The highest BCUT2D eigenvalue weighted by Gasteiger charge is 2.14. The van der Waals surface area contributed by atoms with Crippen LogP contribution in [0.25, 0.3) is 17.2 Å². The maximum atomic E-state index is 13.3. The van der Waals surface area contributed by atoms with Gasteiger partial charge < -0.3 is 25.5 Å². The fourth-order valence-electron chi connectivity index (χ4n) is 4.68. The third-order valence-electron chi connectivity index (χ3n) is 7.03. The summed E-state index contributed by atoms with van der Waals surface area (Å²) in [5, 5.41) is 12.6. The van der Waals surface area contributed by atoms with E-state index < -0.39 is 0 Å². The molecule has 7 nitrogen and oxygen atoms in total. The van der Waals surface area contributed by atoms with Crippen LogP contribution in [0.4, 0.5) is 0 Å². The predicted molar refractivity (Wildman–Crippen MR) is 167 cm³/mol. The number of unbranched alkanes of at least 4 members (excludes halogenated alkanes) is 3. The summed E-state index contributed by atoms with van der Waals surface area (Å²) in [4.78, 5) is 27.8. The van der Waals surface area contributed by atoms with Crippen LogP contribution in [0.5, 0.6) is 5.75 Å². The number of nitrogens with one attached hydrogen (secondary N) is 1. The molecule has 218 valence electrons. The van der Waals surface area contributed by atoms with E-state index in [0.717, 1.165) is 47.9 Å². The van der Waals surface area contributed by atoms with Gasteiger partial charge in [-0.3, -0.25) is 9.59 Å². The first-order valence-corrected chi connectivity index (χ1v) is 14.5. The Hall–Kier alpha value is -4.62. The first-order valence-electron chi connectivity index (χ1n) is 14.5. The van der Waals surface area contributed by atoms with Crippen molar-refractivity contribution in [3.63, 3.8) is 0 Å². The number of phenols is 1. The van der Waals surface area contributed by atoms with Gasteiger partial charge in [-0.15, -0.1) is 0 Å². The second-order valence-electron chi connectivity index (χ2n) is 10.3. The normalized spacial score (nSPS) is 11.1. The van der Waals surface area contributed by atoms with E-state index in [0.29, 0.717) is 43.9 Å². The number of amides is 2. The van der Waals surface area contributed by atoms with Gasteiger partial charge in [0, 0.05) is 31.3 Å². The monoisotopic (exact) mass is 565 g/mol. The Morgan fingerprint density at radius 3 is 2.38 bits per heavy atom. The second kappa shape index (κ2) is 16.0. The van der Waals surface area contributed by atoms with E-state index >= 15 is 0 Å². The zero-order valence-electron chi connectivity index (χ0n) is 23.9. The molecule has 0 fully saturated rings. The summed E-state index contributed by atoms with van der Waals surface area (Å²) in [6.07, 6.45) is 9.50. The minimum Gasteiger partial charge on any atom is -0.508 e. The van der Waals surface area contributed by atoms with Crippen molar-refractivity contribution in [2.24, 2.45) is 5.73 Å². The van der Waals surface area contributed by atoms with Crippen LogP contribution < -0.4 is 11.1 Å². The van der Waals surface area contributed by atoms with E-state index in [2.05, 4.69) is 11.4 Å². The maximum absolute atomic E-state index is 13.3. The van der Waals surface area contributed by atoms with Crippen molar-refractivity contribution in [2.45, 2.75) is 38.6 Å². The number of carbonyl (C=O) groups excluding carboxylic acids is 2. The van der Waals surface area contributed by atoms with Crippen LogP contribution in [-0.2, 0) is 17.8 Å². The molecular formula is C35H39N3O4. The average molecular weight is 566 g/mol. The zero-order chi connectivity index (χ0) is 29.6. The molecule has 0 saturated carbocycles. The fourth-order valence-corrected chi connectivity index (χ4v) is 4.68. The maximum Gasteiger partial charge on any atom is 0.251 e. The van der Waals surface area contributed by atoms with E-state index in [9.17, 15) is 14.7 Å². The minimum atomic E-state index is -0.128. The Morgan fingerprint density at radius 2 is 1.62 bits per heavy atom. The van der Waals surface area contributed by atoms with E-state index in [-0.39, 0.29) is 17.6 Å². The van der Waals surface area contributed by atoms with Gasteiger partial charge >= 0.3 is 0 Å². The van der Waals surface area contributed by atoms with Crippen LogP contribution in [0.15, 0.2) is 102 Å². The Labute approximate surface area is 247 Å². The average Bonchev–Trinajstić information content (AvgIpc) is 3.54. The predicted octanol–water partition coefficient (Wildman–Crippen LogP) is 6.19. The first-order chi connectivity index (χ1) is 20.5. The van der Waals surface area contributed by atoms with Gasteiger partial charge in [0.1, 0.15) is 11.5 Å². The highest BCUT2D eigenvalue weighted by Crippen LogP contribution is 2.23. The topological polar surface area (TPSA) is 109 Å². The Morgan fingerprint density at radius 1 is 0.857 bits per heavy atom. The number of nitrogens with zero attached hydrogens (tertiary/aromatic N) is 1. The standard InChI is InChI=1S/C35H39N3O4/c36-20-3-1-2-4-21-37-35(41)31-11-6-10-30(25-31)29-9-5-8-28(24-29)26-38(22-19-27-13-15-32(39)16-14-27)34(40)18-17-33-12-7-23-42-33/h5-18,23-25,39H,1-4,19-22,26,36H2,(H,37,41).